The van der Waals surface area contributed by atoms with E-state index in [2.05, 4.69) is 16.9 Å². The molecule has 2 heterocycles. The Balaban J connectivity index is 2.22. The molecular formula is C11H17FN4. The van der Waals surface area contributed by atoms with Gasteiger partial charge in [-0.2, -0.15) is 0 Å². The van der Waals surface area contributed by atoms with Gasteiger partial charge < -0.3 is 10.6 Å². The molecule has 0 aliphatic carbocycles. The second-order valence-electron chi connectivity index (χ2n) is 4.47. The minimum atomic E-state index is -0.315. The molecule has 0 amide bonds. The van der Waals surface area contributed by atoms with Crippen molar-refractivity contribution in [2.75, 3.05) is 18.0 Å². The molecule has 2 rings (SSSR count). The van der Waals surface area contributed by atoms with E-state index in [1.807, 2.05) is 4.90 Å². The monoisotopic (exact) mass is 224 g/mol. The van der Waals surface area contributed by atoms with E-state index in [4.69, 9.17) is 5.73 Å². The molecule has 1 fully saturated rings. The number of halogens is 1. The van der Waals surface area contributed by atoms with Gasteiger partial charge in [0.15, 0.2) is 11.6 Å². The summed E-state index contributed by atoms with van der Waals surface area (Å²) in [4.78, 5) is 9.81. The Morgan fingerprint density at radius 3 is 2.94 bits per heavy atom. The number of rotatable bonds is 1. The summed E-state index contributed by atoms with van der Waals surface area (Å²) in [6, 6.07) is 0.210. The number of piperidine rings is 1. The highest BCUT2D eigenvalue weighted by atomic mass is 19.1. The Hall–Kier alpha value is -1.23. The zero-order chi connectivity index (χ0) is 11.7. The van der Waals surface area contributed by atoms with Crippen LogP contribution in [0.4, 0.5) is 10.2 Å². The first kappa shape index (κ1) is 11.3. The highest BCUT2D eigenvalue weighted by molar-refractivity contribution is 5.41. The topological polar surface area (TPSA) is 55.0 Å². The molecule has 1 aromatic heterocycles. The summed E-state index contributed by atoms with van der Waals surface area (Å²) in [6.45, 7) is 5.26. The molecule has 0 aromatic carbocycles. The number of hydrogen-bond acceptors (Lipinski definition) is 4. The third-order valence-corrected chi connectivity index (χ3v) is 3.22. The Morgan fingerprint density at radius 2 is 2.25 bits per heavy atom. The van der Waals surface area contributed by atoms with Crippen LogP contribution in [0, 0.1) is 18.7 Å². The van der Waals surface area contributed by atoms with Crippen LogP contribution in [-0.4, -0.2) is 29.1 Å². The maximum atomic E-state index is 13.8. The number of aryl methyl sites for hydroxylation is 1. The van der Waals surface area contributed by atoms with E-state index < -0.39 is 0 Å². The lowest BCUT2D eigenvalue weighted by atomic mass is 9.95. The lowest BCUT2D eigenvalue weighted by Crippen LogP contribution is -2.46. The first-order valence-corrected chi connectivity index (χ1v) is 5.57. The van der Waals surface area contributed by atoms with Crippen molar-refractivity contribution in [1.82, 2.24) is 9.97 Å². The number of nitrogens with zero attached hydrogens (tertiary/aromatic N) is 3. The Morgan fingerprint density at radius 1 is 1.50 bits per heavy atom. The largest absolute Gasteiger partial charge is 0.354 e. The molecule has 5 heteroatoms. The van der Waals surface area contributed by atoms with E-state index >= 15 is 0 Å². The maximum Gasteiger partial charge on any atom is 0.186 e. The first-order valence-electron chi connectivity index (χ1n) is 5.57. The third kappa shape index (κ3) is 2.00. The van der Waals surface area contributed by atoms with Crippen molar-refractivity contribution in [2.24, 2.45) is 11.7 Å². The third-order valence-electron chi connectivity index (χ3n) is 3.22. The van der Waals surface area contributed by atoms with E-state index in [9.17, 15) is 4.39 Å². The van der Waals surface area contributed by atoms with Gasteiger partial charge in [0.25, 0.3) is 0 Å². The zero-order valence-electron chi connectivity index (χ0n) is 9.65. The molecule has 88 valence electrons. The highest BCUT2D eigenvalue weighted by Gasteiger charge is 2.26. The van der Waals surface area contributed by atoms with E-state index in [1.165, 1.54) is 6.33 Å². The van der Waals surface area contributed by atoms with Crippen LogP contribution in [0.5, 0.6) is 0 Å². The lowest BCUT2D eigenvalue weighted by molar-refractivity contribution is 0.378. The standard InChI is InChI=1S/C11H17FN4/c1-7-5-16(4-3-9(7)13)11-10(12)8(2)14-6-15-11/h6-7,9H,3-5,13H2,1-2H3. The Bertz CT molecular complexity index is 382. The second-order valence-corrected chi connectivity index (χ2v) is 4.47. The highest BCUT2D eigenvalue weighted by Crippen LogP contribution is 2.23. The number of anilines is 1. The van der Waals surface area contributed by atoms with Gasteiger partial charge in [-0.05, 0) is 19.3 Å². The predicted molar refractivity (Wildman–Crippen MR) is 60.7 cm³/mol. The van der Waals surface area contributed by atoms with Gasteiger partial charge in [-0.1, -0.05) is 6.92 Å². The SMILES string of the molecule is Cc1ncnc(N2CCC(N)C(C)C2)c1F. The van der Waals surface area contributed by atoms with Crippen LogP contribution < -0.4 is 10.6 Å². The number of nitrogens with two attached hydrogens (primary N) is 1. The zero-order valence-corrected chi connectivity index (χ0v) is 9.65. The average molecular weight is 224 g/mol. The van der Waals surface area contributed by atoms with E-state index in [-0.39, 0.29) is 11.9 Å². The van der Waals surface area contributed by atoms with Crippen LogP contribution in [0.15, 0.2) is 6.33 Å². The molecule has 1 saturated heterocycles. The number of aromatic nitrogens is 2. The Labute approximate surface area is 94.7 Å². The normalized spacial score (nSPS) is 25.9. The Kier molecular flexibility index (Phi) is 3.05. The lowest BCUT2D eigenvalue weighted by Gasteiger charge is -2.35. The van der Waals surface area contributed by atoms with Gasteiger partial charge in [0.1, 0.15) is 6.33 Å². The molecule has 4 nitrogen and oxygen atoms in total. The molecular weight excluding hydrogens is 207 g/mol. The van der Waals surface area contributed by atoms with E-state index in [0.29, 0.717) is 17.4 Å². The summed E-state index contributed by atoms with van der Waals surface area (Å²) in [5.74, 6) is 0.458. The van der Waals surface area contributed by atoms with Crippen LogP contribution in [0.1, 0.15) is 19.0 Å². The molecule has 0 radical (unpaired) electrons. The minimum Gasteiger partial charge on any atom is -0.354 e. The molecule has 1 aliphatic rings. The summed E-state index contributed by atoms with van der Waals surface area (Å²) in [5, 5.41) is 0. The van der Waals surface area contributed by atoms with Gasteiger partial charge in [-0.25, -0.2) is 14.4 Å². The van der Waals surface area contributed by atoms with Gasteiger partial charge in [0, 0.05) is 19.1 Å². The summed E-state index contributed by atoms with van der Waals surface area (Å²) >= 11 is 0. The summed E-state index contributed by atoms with van der Waals surface area (Å²) < 4.78 is 13.8. The molecule has 1 aromatic rings. The summed E-state index contributed by atoms with van der Waals surface area (Å²) in [6.07, 6.45) is 2.29. The van der Waals surface area contributed by atoms with Gasteiger partial charge in [-0.15, -0.1) is 0 Å². The second kappa shape index (κ2) is 4.33. The van der Waals surface area contributed by atoms with Crippen LogP contribution >= 0.6 is 0 Å². The van der Waals surface area contributed by atoms with Crippen molar-refractivity contribution in [3.8, 4) is 0 Å². The maximum absolute atomic E-state index is 13.8. The fourth-order valence-electron chi connectivity index (χ4n) is 2.02. The molecule has 2 unspecified atom stereocenters. The van der Waals surface area contributed by atoms with Crippen LogP contribution in [0.3, 0.4) is 0 Å². The van der Waals surface area contributed by atoms with Crippen molar-refractivity contribution < 1.29 is 4.39 Å². The van der Waals surface area contributed by atoms with Crippen molar-refractivity contribution in [1.29, 1.82) is 0 Å². The van der Waals surface area contributed by atoms with E-state index in [1.54, 1.807) is 6.92 Å². The molecule has 2 atom stereocenters. The fourth-order valence-corrected chi connectivity index (χ4v) is 2.02. The van der Waals surface area contributed by atoms with Gasteiger partial charge in [-0.3, -0.25) is 0 Å². The molecule has 0 saturated carbocycles. The van der Waals surface area contributed by atoms with Gasteiger partial charge >= 0.3 is 0 Å². The summed E-state index contributed by atoms with van der Waals surface area (Å²) in [5.41, 5.74) is 6.33. The van der Waals surface area contributed by atoms with Crippen molar-refractivity contribution >= 4 is 5.82 Å². The van der Waals surface area contributed by atoms with Crippen molar-refractivity contribution in [3.05, 3.63) is 17.8 Å². The molecule has 1 aliphatic heterocycles. The van der Waals surface area contributed by atoms with Crippen LogP contribution in [0.25, 0.3) is 0 Å². The van der Waals surface area contributed by atoms with Gasteiger partial charge in [0.2, 0.25) is 0 Å². The molecule has 2 N–H and O–H groups in total. The van der Waals surface area contributed by atoms with Gasteiger partial charge in [0.05, 0.1) is 5.69 Å². The average Bonchev–Trinajstić information content (AvgIpc) is 2.26. The predicted octanol–water partition coefficient (Wildman–Crippen LogP) is 1.10. The molecule has 0 bridgehead atoms. The van der Waals surface area contributed by atoms with E-state index in [0.717, 1.165) is 19.5 Å². The minimum absolute atomic E-state index is 0.210. The molecule has 16 heavy (non-hydrogen) atoms. The fraction of sp³-hybridized carbons (Fsp3) is 0.636. The smallest absolute Gasteiger partial charge is 0.186 e. The van der Waals surface area contributed by atoms with Crippen LogP contribution in [0.2, 0.25) is 0 Å². The number of hydrogen-bond donors (Lipinski definition) is 1. The van der Waals surface area contributed by atoms with Crippen molar-refractivity contribution in [2.45, 2.75) is 26.3 Å². The molecule has 0 spiro atoms. The van der Waals surface area contributed by atoms with Crippen molar-refractivity contribution in [3.63, 3.8) is 0 Å². The summed E-state index contributed by atoms with van der Waals surface area (Å²) in [7, 11) is 0. The van der Waals surface area contributed by atoms with Crippen LogP contribution in [-0.2, 0) is 0 Å². The quantitative estimate of drug-likeness (QED) is 0.776. The first-order chi connectivity index (χ1) is 7.59.